The van der Waals surface area contributed by atoms with Crippen LogP contribution in [0, 0.1) is 5.92 Å². The molecule has 0 unspecified atom stereocenters. The lowest BCUT2D eigenvalue weighted by Gasteiger charge is -2.27. The molecule has 1 amide bonds. The molecule has 42 heavy (non-hydrogen) atoms. The minimum absolute atomic E-state index is 0. The first-order valence-electron chi connectivity index (χ1n) is 13.2. The van der Waals surface area contributed by atoms with E-state index in [1.807, 2.05) is 13.8 Å². The van der Waals surface area contributed by atoms with Crippen LogP contribution in [0.2, 0.25) is 0 Å². The number of hydrogen-bond donors (Lipinski definition) is 4. The molecule has 1 saturated heterocycles. The predicted octanol–water partition coefficient (Wildman–Crippen LogP) is 1.83. The fourth-order valence-electron chi connectivity index (χ4n) is 4.62. The Balaban J connectivity index is 0.00000484. The largest absolute Gasteiger partial charge is 0.481 e. The Hall–Kier alpha value is -4.37. The van der Waals surface area contributed by atoms with Gasteiger partial charge in [0.25, 0.3) is 5.91 Å². The number of piperazine rings is 1. The van der Waals surface area contributed by atoms with Gasteiger partial charge >= 0.3 is 17.9 Å². The molecule has 3 heterocycles. The lowest BCUT2D eigenvalue weighted by atomic mass is 10.0. The van der Waals surface area contributed by atoms with Gasteiger partial charge in [-0.1, -0.05) is 24.3 Å². The highest BCUT2D eigenvalue weighted by Crippen LogP contribution is 2.29. The van der Waals surface area contributed by atoms with E-state index in [9.17, 15) is 29.4 Å². The zero-order chi connectivity index (χ0) is 29.7. The monoisotopic (exact) mass is 604 g/mol. The number of carboxylic acid groups (broad SMARTS) is 3. The molecule has 16 heteroatoms. The van der Waals surface area contributed by atoms with E-state index in [-0.39, 0.29) is 42.8 Å². The van der Waals surface area contributed by atoms with Crippen LogP contribution in [0.15, 0.2) is 30.6 Å². The van der Waals surface area contributed by atoms with Gasteiger partial charge in [-0.3, -0.25) is 9.59 Å². The van der Waals surface area contributed by atoms with Crippen molar-refractivity contribution in [3.8, 4) is 22.5 Å². The summed E-state index contributed by atoms with van der Waals surface area (Å²) in [4.78, 5) is 49.8. The molecule has 0 spiro atoms. The minimum atomic E-state index is -1.25. The maximum atomic E-state index is 13.4. The quantitative estimate of drug-likeness (QED) is 0.234. The number of amides is 1. The summed E-state index contributed by atoms with van der Waals surface area (Å²) in [6, 6.07) is 2.80. The number of rotatable bonds is 12. The van der Waals surface area contributed by atoms with Crippen molar-refractivity contribution in [1.82, 2.24) is 40.2 Å². The number of benzene rings is 1. The van der Waals surface area contributed by atoms with Crippen molar-refractivity contribution >= 4 is 36.2 Å². The molecule has 1 aliphatic heterocycles. The highest BCUT2D eigenvalue weighted by molar-refractivity contribution is 5.97. The maximum absolute atomic E-state index is 13.4. The summed E-state index contributed by atoms with van der Waals surface area (Å²) >= 11 is 0. The van der Waals surface area contributed by atoms with Crippen LogP contribution in [0.4, 0.5) is 0 Å². The van der Waals surface area contributed by atoms with E-state index in [1.165, 1.54) is 17.1 Å². The van der Waals surface area contributed by atoms with Gasteiger partial charge in [-0.05, 0) is 37.0 Å². The average Bonchev–Trinajstić information content (AvgIpc) is 3.62. The Kier molecular flexibility index (Phi) is 10.7. The average molecular weight is 605 g/mol. The minimum Gasteiger partial charge on any atom is -0.481 e. The van der Waals surface area contributed by atoms with Crippen molar-refractivity contribution in [2.24, 2.45) is 5.92 Å². The topological polar surface area (TPSA) is 206 Å². The first-order chi connectivity index (χ1) is 19.5. The molecule has 4 rings (SSSR count). The third-order valence-electron chi connectivity index (χ3n) is 6.73. The molecule has 0 bridgehead atoms. The Morgan fingerprint density at radius 3 is 1.86 bits per heavy atom. The molecule has 1 aliphatic rings. The SMILES string of the molecule is CC(C)C[C@@H](C(=O)O)n1cc(-c2cc(C(=O)N3CCNCC3)cc(-c3cn([C@@H](CCC(=O)O)C(=O)O)nn3)c2)nn1.Cl. The van der Waals surface area contributed by atoms with Crippen LogP contribution in [-0.4, -0.2) is 100 Å². The van der Waals surface area contributed by atoms with E-state index < -0.39 is 30.0 Å². The lowest BCUT2D eigenvalue weighted by molar-refractivity contribution is -0.143. The first kappa shape index (κ1) is 32.1. The van der Waals surface area contributed by atoms with Crippen molar-refractivity contribution < 1.29 is 34.5 Å². The number of hydrogen-bond acceptors (Lipinski definition) is 9. The second kappa shape index (κ2) is 14.0. The molecule has 3 aromatic rings. The number of carbonyl (C=O) groups excluding carboxylic acids is 1. The van der Waals surface area contributed by atoms with E-state index in [4.69, 9.17) is 5.11 Å². The van der Waals surface area contributed by atoms with Gasteiger partial charge in [0, 0.05) is 49.3 Å². The van der Waals surface area contributed by atoms with E-state index in [0.29, 0.717) is 55.0 Å². The smallest absolute Gasteiger partial charge is 0.328 e. The van der Waals surface area contributed by atoms with Crippen molar-refractivity contribution in [3.05, 3.63) is 36.2 Å². The summed E-state index contributed by atoms with van der Waals surface area (Å²) in [6.07, 6.45) is 2.70. The summed E-state index contributed by atoms with van der Waals surface area (Å²) in [5.41, 5.74) is 1.87. The second-order valence-electron chi connectivity index (χ2n) is 10.3. The molecule has 1 aromatic carbocycles. The molecule has 15 nitrogen and oxygen atoms in total. The fourth-order valence-corrected chi connectivity index (χ4v) is 4.62. The third-order valence-corrected chi connectivity index (χ3v) is 6.73. The van der Waals surface area contributed by atoms with Crippen LogP contribution in [-0.2, 0) is 14.4 Å². The number of carboxylic acids is 3. The maximum Gasteiger partial charge on any atom is 0.328 e. The Labute approximate surface area is 246 Å². The van der Waals surface area contributed by atoms with Crippen molar-refractivity contribution in [1.29, 1.82) is 0 Å². The normalized spacial score (nSPS) is 14.7. The van der Waals surface area contributed by atoms with Gasteiger partial charge in [0.15, 0.2) is 12.1 Å². The lowest BCUT2D eigenvalue weighted by Crippen LogP contribution is -2.46. The molecular formula is C26H33ClN8O7. The van der Waals surface area contributed by atoms with Gasteiger partial charge in [-0.15, -0.1) is 22.6 Å². The van der Waals surface area contributed by atoms with E-state index >= 15 is 0 Å². The number of carbonyl (C=O) groups is 4. The fraction of sp³-hybridized carbons (Fsp3) is 0.462. The van der Waals surface area contributed by atoms with E-state index in [1.54, 1.807) is 23.1 Å². The molecule has 226 valence electrons. The molecule has 0 saturated carbocycles. The zero-order valence-corrected chi connectivity index (χ0v) is 23.9. The van der Waals surface area contributed by atoms with Crippen LogP contribution in [0.5, 0.6) is 0 Å². The number of nitrogens with zero attached hydrogens (tertiary/aromatic N) is 7. The van der Waals surface area contributed by atoms with Gasteiger partial charge < -0.3 is 25.5 Å². The molecule has 2 atom stereocenters. The van der Waals surface area contributed by atoms with Crippen LogP contribution >= 0.6 is 12.4 Å². The number of aromatic nitrogens is 6. The van der Waals surface area contributed by atoms with E-state index in [0.717, 1.165) is 4.68 Å². The standard InChI is InChI=1S/C26H32N8O7.ClH/c1-15(2)9-22(26(40)41)34-14-20(29-31-34)17-10-16(11-18(12-17)24(37)32-7-5-27-6-8-32)19-13-33(30-28-19)21(25(38)39)3-4-23(35)36;/h10-15,21-22,27H,3-9H2,1-2H3,(H,35,36)(H,38,39)(H,40,41);1H/t21-,22-;/m0./s1. The summed E-state index contributed by atoms with van der Waals surface area (Å²) in [6.45, 7) is 6.17. The zero-order valence-electron chi connectivity index (χ0n) is 23.1. The summed E-state index contributed by atoms with van der Waals surface area (Å²) in [5.74, 6) is -3.54. The van der Waals surface area contributed by atoms with Crippen LogP contribution in [0.3, 0.4) is 0 Å². The first-order valence-corrected chi connectivity index (χ1v) is 13.2. The van der Waals surface area contributed by atoms with Crippen molar-refractivity contribution in [3.63, 3.8) is 0 Å². The molecule has 1 fully saturated rings. The second-order valence-corrected chi connectivity index (χ2v) is 10.3. The Morgan fingerprint density at radius 1 is 0.857 bits per heavy atom. The number of aliphatic carboxylic acids is 3. The van der Waals surface area contributed by atoms with Gasteiger partial charge in [0.2, 0.25) is 0 Å². The summed E-state index contributed by atoms with van der Waals surface area (Å²) in [7, 11) is 0. The molecular weight excluding hydrogens is 572 g/mol. The Morgan fingerprint density at radius 2 is 1.38 bits per heavy atom. The predicted molar refractivity (Wildman–Crippen MR) is 150 cm³/mol. The molecule has 4 N–H and O–H groups in total. The number of halogens is 1. The van der Waals surface area contributed by atoms with Gasteiger partial charge in [-0.25, -0.2) is 19.0 Å². The highest BCUT2D eigenvalue weighted by Gasteiger charge is 2.26. The van der Waals surface area contributed by atoms with Crippen LogP contribution in [0.1, 0.15) is 55.6 Å². The van der Waals surface area contributed by atoms with Crippen molar-refractivity contribution in [2.75, 3.05) is 26.2 Å². The van der Waals surface area contributed by atoms with Gasteiger partial charge in [-0.2, -0.15) is 0 Å². The van der Waals surface area contributed by atoms with E-state index in [2.05, 4.69) is 25.9 Å². The van der Waals surface area contributed by atoms with Crippen LogP contribution in [0.25, 0.3) is 22.5 Å². The number of nitrogens with one attached hydrogen (secondary N) is 1. The van der Waals surface area contributed by atoms with Gasteiger partial charge in [0.05, 0.1) is 12.4 Å². The molecule has 0 aliphatic carbocycles. The highest BCUT2D eigenvalue weighted by atomic mass is 35.5. The summed E-state index contributed by atoms with van der Waals surface area (Å²) in [5, 5.41) is 47.8. The van der Waals surface area contributed by atoms with Gasteiger partial charge in [0.1, 0.15) is 11.4 Å². The Bertz CT molecular complexity index is 1430. The van der Waals surface area contributed by atoms with Crippen molar-refractivity contribution in [2.45, 2.75) is 45.2 Å². The third kappa shape index (κ3) is 7.67. The molecule has 2 aromatic heterocycles. The van der Waals surface area contributed by atoms with Crippen LogP contribution < -0.4 is 5.32 Å². The summed E-state index contributed by atoms with van der Waals surface area (Å²) < 4.78 is 2.38. The molecule has 0 radical (unpaired) electrons.